The lowest BCUT2D eigenvalue weighted by Crippen LogP contribution is -2.48. The summed E-state index contributed by atoms with van der Waals surface area (Å²) in [6.07, 6.45) is 1.74. The third-order valence-corrected chi connectivity index (χ3v) is 5.00. The zero-order valence-electron chi connectivity index (χ0n) is 15.4. The zero-order valence-corrected chi connectivity index (χ0v) is 15.4. The second-order valence-corrected chi connectivity index (χ2v) is 6.65. The number of carbonyl (C=O) groups is 1. The topological polar surface area (TPSA) is 72.1 Å². The molecular weight excluding hydrogens is 334 g/mol. The lowest BCUT2D eigenvalue weighted by Gasteiger charge is -2.35. The summed E-state index contributed by atoms with van der Waals surface area (Å²) in [4.78, 5) is 14.7. The fraction of sp³-hybridized carbons (Fsp3) is 0.632. The van der Waals surface area contributed by atoms with Gasteiger partial charge in [-0.1, -0.05) is 18.2 Å². The van der Waals surface area contributed by atoms with Crippen LogP contribution in [0, 0.1) is 0 Å². The average Bonchev–Trinajstić information content (AvgIpc) is 2.70. The van der Waals surface area contributed by atoms with Crippen molar-refractivity contribution < 1.29 is 19.0 Å². The largest absolute Gasteiger partial charge is 0.496 e. The van der Waals surface area contributed by atoms with E-state index in [-0.39, 0.29) is 18.1 Å². The van der Waals surface area contributed by atoms with Crippen molar-refractivity contribution in [1.29, 1.82) is 0 Å². The molecule has 0 radical (unpaired) electrons. The maximum absolute atomic E-state index is 12.3. The van der Waals surface area contributed by atoms with Crippen LogP contribution in [0.5, 0.6) is 5.75 Å². The van der Waals surface area contributed by atoms with Crippen molar-refractivity contribution in [1.82, 2.24) is 15.5 Å². The van der Waals surface area contributed by atoms with Gasteiger partial charge >= 0.3 is 6.03 Å². The highest BCUT2D eigenvalue weighted by Gasteiger charge is 2.26. The molecule has 2 aliphatic rings. The summed E-state index contributed by atoms with van der Waals surface area (Å²) in [6.45, 7) is 5.04. The molecule has 1 unspecified atom stereocenters. The second kappa shape index (κ2) is 9.75. The van der Waals surface area contributed by atoms with E-state index in [9.17, 15) is 4.79 Å². The van der Waals surface area contributed by atoms with Gasteiger partial charge in [0.1, 0.15) is 5.75 Å². The molecular formula is C19H29N3O4. The maximum Gasteiger partial charge on any atom is 0.315 e. The van der Waals surface area contributed by atoms with Crippen LogP contribution in [0.15, 0.2) is 24.3 Å². The number of nitrogens with one attached hydrogen (secondary N) is 2. The van der Waals surface area contributed by atoms with Gasteiger partial charge in [-0.25, -0.2) is 4.79 Å². The summed E-state index contributed by atoms with van der Waals surface area (Å²) in [7, 11) is 1.68. The van der Waals surface area contributed by atoms with Crippen molar-refractivity contribution >= 4 is 6.03 Å². The average molecular weight is 363 g/mol. The van der Waals surface area contributed by atoms with Gasteiger partial charge in [0.25, 0.3) is 0 Å². The van der Waals surface area contributed by atoms with Gasteiger partial charge in [0.05, 0.1) is 26.4 Å². The smallest absolute Gasteiger partial charge is 0.315 e. The van der Waals surface area contributed by atoms with Crippen LogP contribution in [0.3, 0.4) is 0 Å². The van der Waals surface area contributed by atoms with Gasteiger partial charge in [-0.05, 0) is 18.9 Å². The first kappa shape index (κ1) is 18.9. The normalized spacial score (nSPS) is 20.3. The first-order valence-corrected chi connectivity index (χ1v) is 9.34. The molecule has 7 nitrogen and oxygen atoms in total. The van der Waals surface area contributed by atoms with Crippen molar-refractivity contribution in [2.24, 2.45) is 0 Å². The number of morpholine rings is 1. The van der Waals surface area contributed by atoms with E-state index >= 15 is 0 Å². The van der Waals surface area contributed by atoms with Gasteiger partial charge < -0.3 is 24.8 Å². The standard InChI is InChI=1S/C19H29N3O4/c1-24-18-5-3-2-4-16(18)17(22-8-12-26-13-9-22)14-20-19(23)21-15-6-10-25-11-7-15/h2-5,15,17H,6-14H2,1H3,(H2,20,21,23). The fourth-order valence-corrected chi connectivity index (χ4v) is 3.53. The Morgan fingerprint density at radius 1 is 1.19 bits per heavy atom. The van der Waals surface area contributed by atoms with E-state index in [2.05, 4.69) is 21.6 Å². The van der Waals surface area contributed by atoms with Crippen LogP contribution >= 0.6 is 0 Å². The van der Waals surface area contributed by atoms with E-state index in [0.29, 0.717) is 33.0 Å². The summed E-state index contributed by atoms with van der Waals surface area (Å²) in [6, 6.07) is 8.12. The van der Waals surface area contributed by atoms with Crippen molar-refractivity contribution in [3.05, 3.63) is 29.8 Å². The Balaban J connectivity index is 1.64. The monoisotopic (exact) mass is 363 g/mol. The molecule has 7 heteroatoms. The van der Waals surface area contributed by atoms with Gasteiger partial charge in [0.2, 0.25) is 0 Å². The van der Waals surface area contributed by atoms with E-state index in [1.807, 2.05) is 18.2 Å². The van der Waals surface area contributed by atoms with Crippen LogP contribution in [0.25, 0.3) is 0 Å². The SMILES string of the molecule is COc1ccccc1C(CNC(=O)NC1CCOCC1)N1CCOCC1. The summed E-state index contributed by atoms with van der Waals surface area (Å²) >= 11 is 0. The van der Waals surface area contributed by atoms with Crippen LogP contribution in [0.2, 0.25) is 0 Å². The van der Waals surface area contributed by atoms with Crippen LogP contribution in [-0.2, 0) is 9.47 Å². The second-order valence-electron chi connectivity index (χ2n) is 6.65. The summed E-state index contributed by atoms with van der Waals surface area (Å²) in [5.74, 6) is 0.843. The summed E-state index contributed by atoms with van der Waals surface area (Å²) < 4.78 is 16.4. The minimum absolute atomic E-state index is 0.0514. The molecule has 1 atom stereocenters. The molecule has 2 heterocycles. The Bertz CT molecular complexity index is 572. The molecule has 3 rings (SSSR count). The van der Waals surface area contributed by atoms with Crippen molar-refractivity contribution in [2.45, 2.75) is 24.9 Å². The zero-order chi connectivity index (χ0) is 18.2. The lowest BCUT2D eigenvalue weighted by molar-refractivity contribution is 0.0162. The van der Waals surface area contributed by atoms with E-state index < -0.39 is 0 Å². The third-order valence-electron chi connectivity index (χ3n) is 5.00. The van der Waals surface area contributed by atoms with Gasteiger partial charge in [-0.15, -0.1) is 0 Å². The Morgan fingerprint density at radius 2 is 1.88 bits per heavy atom. The molecule has 1 aromatic rings. The highest BCUT2D eigenvalue weighted by molar-refractivity contribution is 5.74. The Kier molecular flexibility index (Phi) is 7.11. The Hall–Kier alpha value is -1.83. The molecule has 2 aliphatic heterocycles. The molecule has 2 amide bonds. The van der Waals surface area contributed by atoms with Crippen molar-refractivity contribution in [3.63, 3.8) is 0 Å². The number of nitrogens with zero attached hydrogens (tertiary/aromatic N) is 1. The number of ether oxygens (including phenoxy) is 3. The number of carbonyl (C=O) groups excluding carboxylic acids is 1. The molecule has 2 saturated heterocycles. The molecule has 0 saturated carbocycles. The van der Waals surface area contributed by atoms with E-state index in [1.165, 1.54) is 0 Å². The molecule has 26 heavy (non-hydrogen) atoms. The number of benzene rings is 1. The molecule has 1 aromatic carbocycles. The highest BCUT2D eigenvalue weighted by atomic mass is 16.5. The minimum atomic E-state index is -0.120. The molecule has 2 N–H and O–H groups in total. The van der Waals surface area contributed by atoms with Crippen molar-refractivity contribution in [3.8, 4) is 5.75 Å². The number of amides is 2. The van der Waals surface area contributed by atoms with Crippen molar-refractivity contribution in [2.75, 3.05) is 53.2 Å². The fourth-order valence-electron chi connectivity index (χ4n) is 3.53. The van der Waals surface area contributed by atoms with E-state index in [4.69, 9.17) is 14.2 Å². The predicted octanol–water partition coefficient (Wildman–Crippen LogP) is 1.55. The van der Waals surface area contributed by atoms with Gasteiger partial charge in [-0.3, -0.25) is 4.90 Å². The number of rotatable bonds is 6. The van der Waals surface area contributed by atoms with Gasteiger partial charge in [0, 0.05) is 44.5 Å². The van der Waals surface area contributed by atoms with E-state index in [1.54, 1.807) is 7.11 Å². The first-order valence-electron chi connectivity index (χ1n) is 9.34. The summed E-state index contributed by atoms with van der Waals surface area (Å²) in [5.41, 5.74) is 1.09. The Labute approximate surface area is 155 Å². The number of methoxy groups -OCH3 is 1. The minimum Gasteiger partial charge on any atom is -0.496 e. The Morgan fingerprint density at radius 3 is 2.62 bits per heavy atom. The van der Waals surface area contributed by atoms with Gasteiger partial charge in [0.15, 0.2) is 0 Å². The first-order chi connectivity index (χ1) is 12.8. The quantitative estimate of drug-likeness (QED) is 0.802. The number of para-hydroxylation sites is 1. The molecule has 144 valence electrons. The van der Waals surface area contributed by atoms with Crippen LogP contribution in [0.4, 0.5) is 4.79 Å². The van der Waals surface area contributed by atoms with E-state index in [0.717, 1.165) is 37.2 Å². The molecule has 0 aliphatic carbocycles. The number of hydrogen-bond acceptors (Lipinski definition) is 5. The van der Waals surface area contributed by atoms with Crippen LogP contribution < -0.4 is 15.4 Å². The van der Waals surface area contributed by atoms with Crippen LogP contribution in [0.1, 0.15) is 24.4 Å². The van der Waals surface area contributed by atoms with Gasteiger partial charge in [-0.2, -0.15) is 0 Å². The molecule has 0 aromatic heterocycles. The molecule has 0 bridgehead atoms. The predicted molar refractivity (Wildman–Crippen MR) is 98.5 cm³/mol. The number of hydrogen-bond donors (Lipinski definition) is 2. The maximum atomic E-state index is 12.3. The summed E-state index contributed by atoms with van der Waals surface area (Å²) in [5, 5.41) is 6.10. The highest BCUT2D eigenvalue weighted by Crippen LogP contribution is 2.29. The lowest BCUT2D eigenvalue weighted by atomic mass is 10.0. The number of urea groups is 1. The van der Waals surface area contributed by atoms with Crippen LogP contribution in [-0.4, -0.2) is 70.1 Å². The molecule has 0 spiro atoms. The third kappa shape index (κ3) is 5.09. The molecule has 2 fully saturated rings.